The molecule has 0 aromatic heterocycles. The number of esters is 2. The summed E-state index contributed by atoms with van der Waals surface area (Å²) in [6.45, 7) is 5.82. The van der Waals surface area contributed by atoms with Crippen molar-refractivity contribution < 1.29 is 28.6 Å². The van der Waals surface area contributed by atoms with Crippen molar-refractivity contribution in [3.8, 4) is 0 Å². The third-order valence-electron chi connectivity index (χ3n) is 4.74. The molecule has 0 bridgehead atoms. The van der Waals surface area contributed by atoms with Crippen LogP contribution in [0.2, 0.25) is 0 Å². The molecule has 0 aromatic carbocycles. The Hall–Kier alpha value is -1.47. The highest BCUT2D eigenvalue weighted by atomic mass is 16.6. The summed E-state index contributed by atoms with van der Waals surface area (Å²) in [5, 5.41) is 0. The molecule has 0 aliphatic carbocycles. The van der Waals surface area contributed by atoms with E-state index in [2.05, 4.69) is 11.8 Å². The second-order valence-corrected chi connectivity index (χ2v) is 7.66. The first-order valence-corrected chi connectivity index (χ1v) is 10.9. The van der Waals surface area contributed by atoms with Gasteiger partial charge in [-0.25, -0.2) is 0 Å². The second-order valence-electron chi connectivity index (χ2n) is 7.66. The van der Waals surface area contributed by atoms with Crippen molar-refractivity contribution >= 4 is 18.2 Å². The van der Waals surface area contributed by atoms with Crippen LogP contribution in [0.15, 0.2) is 0 Å². The molecular weight excluding hydrogens is 374 g/mol. The number of ether oxygens (including phenoxy) is 3. The Labute approximate surface area is 176 Å². The quantitative estimate of drug-likeness (QED) is 0.182. The number of hydrogen-bond acceptors (Lipinski definition) is 7. The van der Waals surface area contributed by atoms with Crippen molar-refractivity contribution in [1.29, 1.82) is 0 Å². The van der Waals surface area contributed by atoms with Crippen molar-refractivity contribution in [1.82, 2.24) is 4.90 Å². The third kappa shape index (κ3) is 16.1. The Morgan fingerprint density at radius 2 is 1.76 bits per heavy atom. The van der Waals surface area contributed by atoms with Crippen LogP contribution in [0.25, 0.3) is 0 Å². The summed E-state index contributed by atoms with van der Waals surface area (Å²) in [5.74, 6) is -0.729. The Balaban J connectivity index is 4.11. The molecule has 170 valence electrons. The van der Waals surface area contributed by atoms with Gasteiger partial charge in [0.2, 0.25) is 0 Å². The monoisotopic (exact) mass is 415 g/mol. The molecule has 7 nitrogen and oxygen atoms in total. The normalized spacial score (nSPS) is 13.1. The highest BCUT2D eigenvalue weighted by Crippen LogP contribution is 2.12. The van der Waals surface area contributed by atoms with E-state index in [0.717, 1.165) is 45.1 Å². The molecule has 0 saturated carbocycles. The Morgan fingerprint density at radius 1 is 1.03 bits per heavy atom. The summed E-state index contributed by atoms with van der Waals surface area (Å²) < 4.78 is 15.8. The number of carbonyl (C=O) groups is 3. The van der Waals surface area contributed by atoms with E-state index in [0.29, 0.717) is 19.3 Å². The highest BCUT2D eigenvalue weighted by molar-refractivity contribution is 5.72. The summed E-state index contributed by atoms with van der Waals surface area (Å²) in [7, 11) is 3.49. The number of nitrogens with zero attached hydrogens (tertiary/aromatic N) is 1. The minimum Gasteiger partial charge on any atom is -0.461 e. The largest absolute Gasteiger partial charge is 0.461 e. The van der Waals surface area contributed by atoms with E-state index in [-0.39, 0.29) is 31.1 Å². The van der Waals surface area contributed by atoms with Gasteiger partial charge in [0.15, 0.2) is 6.10 Å². The van der Waals surface area contributed by atoms with Crippen molar-refractivity contribution in [3.63, 3.8) is 0 Å². The number of hydrogen-bond donors (Lipinski definition) is 0. The Morgan fingerprint density at radius 3 is 2.41 bits per heavy atom. The number of carbonyl (C=O) groups excluding carboxylic acids is 3. The zero-order valence-corrected chi connectivity index (χ0v) is 18.8. The summed E-state index contributed by atoms with van der Waals surface area (Å²) in [6.07, 6.45) is 7.98. The smallest absolute Gasteiger partial charge is 0.308 e. The van der Waals surface area contributed by atoms with Crippen LogP contribution >= 0.6 is 0 Å². The van der Waals surface area contributed by atoms with Crippen LogP contribution in [0.5, 0.6) is 0 Å². The van der Waals surface area contributed by atoms with Crippen molar-refractivity contribution in [2.24, 2.45) is 5.92 Å². The summed E-state index contributed by atoms with van der Waals surface area (Å²) in [5.41, 5.74) is 0. The molecule has 2 atom stereocenters. The molecule has 0 N–H and O–H groups in total. The van der Waals surface area contributed by atoms with E-state index in [9.17, 15) is 14.4 Å². The first-order valence-electron chi connectivity index (χ1n) is 10.9. The molecule has 0 saturated heterocycles. The predicted molar refractivity (Wildman–Crippen MR) is 113 cm³/mol. The van der Waals surface area contributed by atoms with Crippen molar-refractivity contribution in [2.45, 2.75) is 77.7 Å². The van der Waals surface area contributed by atoms with E-state index >= 15 is 0 Å². The standard InChI is InChI=1S/C22H41NO6/c1-5-6-7-8-12-19(2)22(26)28-18-20(17-27-4)29-21(25)13-11-15-23(3)14-9-10-16-24/h16,19-20H,5-15,17-18H2,1-4H3. The fourth-order valence-corrected chi connectivity index (χ4v) is 2.91. The molecule has 2 unspecified atom stereocenters. The predicted octanol–water partition coefficient (Wildman–Crippen LogP) is 3.39. The zero-order chi connectivity index (χ0) is 21.9. The molecule has 0 radical (unpaired) electrons. The van der Waals surface area contributed by atoms with Gasteiger partial charge in [-0.15, -0.1) is 0 Å². The van der Waals surface area contributed by atoms with Crippen molar-refractivity contribution in [2.75, 3.05) is 40.5 Å². The Kier molecular flexibility index (Phi) is 17.6. The fraction of sp³-hybridized carbons (Fsp3) is 0.864. The van der Waals surface area contributed by atoms with Crippen LogP contribution in [0.3, 0.4) is 0 Å². The zero-order valence-electron chi connectivity index (χ0n) is 18.8. The summed E-state index contributed by atoms with van der Waals surface area (Å²) in [6, 6.07) is 0. The molecule has 0 aliphatic rings. The lowest BCUT2D eigenvalue weighted by Crippen LogP contribution is -2.31. The molecule has 0 spiro atoms. The maximum atomic E-state index is 12.1. The lowest BCUT2D eigenvalue weighted by Gasteiger charge is -2.19. The third-order valence-corrected chi connectivity index (χ3v) is 4.74. The van der Waals surface area contributed by atoms with Crippen LogP contribution in [0.4, 0.5) is 0 Å². The van der Waals surface area contributed by atoms with E-state index < -0.39 is 6.10 Å². The number of methoxy groups -OCH3 is 1. The average Bonchev–Trinajstić information content (AvgIpc) is 2.69. The van der Waals surface area contributed by atoms with E-state index in [1.807, 2.05) is 14.0 Å². The molecule has 0 fully saturated rings. The van der Waals surface area contributed by atoms with Gasteiger partial charge in [0.25, 0.3) is 0 Å². The number of rotatable bonds is 19. The van der Waals surface area contributed by atoms with Crippen molar-refractivity contribution in [3.05, 3.63) is 0 Å². The minimum absolute atomic E-state index is 0.0172. The van der Waals surface area contributed by atoms with Crippen LogP contribution in [0, 0.1) is 5.92 Å². The van der Waals surface area contributed by atoms with E-state index in [1.165, 1.54) is 20.0 Å². The lowest BCUT2D eigenvalue weighted by atomic mass is 10.0. The van der Waals surface area contributed by atoms with E-state index in [1.54, 1.807) is 0 Å². The van der Waals surface area contributed by atoms with Gasteiger partial charge in [-0.05, 0) is 39.4 Å². The van der Waals surface area contributed by atoms with Crippen LogP contribution in [-0.2, 0) is 28.6 Å². The van der Waals surface area contributed by atoms with Gasteiger partial charge in [0.1, 0.15) is 12.9 Å². The van der Waals surface area contributed by atoms with Crippen LogP contribution in [-0.4, -0.2) is 69.7 Å². The first kappa shape index (κ1) is 27.5. The fourth-order valence-electron chi connectivity index (χ4n) is 2.91. The molecule has 29 heavy (non-hydrogen) atoms. The van der Waals surface area contributed by atoms with Gasteiger partial charge in [-0.3, -0.25) is 9.59 Å². The second kappa shape index (κ2) is 18.6. The summed E-state index contributed by atoms with van der Waals surface area (Å²) >= 11 is 0. The molecule has 0 amide bonds. The summed E-state index contributed by atoms with van der Waals surface area (Å²) in [4.78, 5) is 36.6. The van der Waals surface area contributed by atoms with Gasteiger partial charge in [-0.1, -0.05) is 39.5 Å². The first-order chi connectivity index (χ1) is 13.9. The maximum absolute atomic E-state index is 12.1. The lowest BCUT2D eigenvalue weighted by molar-refractivity contribution is -0.164. The van der Waals surface area contributed by atoms with Gasteiger partial charge >= 0.3 is 11.9 Å². The topological polar surface area (TPSA) is 82.1 Å². The van der Waals surface area contributed by atoms with Crippen LogP contribution in [0.1, 0.15) is 71.6 Å². The van der Waals surface area contributed by atoms with Gasteiger partial charge in [0.05, 0.1) is 12.5 Å². The minimum atomic E-state index is -0.589. The molecule has 0 rings (SSSR count). The molecular formula is C22H41NO6. The van der Waals surface area contributed by atoms with E-state index in [4.69, 9.17) is 14.2 Å². The Bertz CT molecular complexity index is 443. The van der Waals surface area contributed by atoms with Gasteiger partial charge in [-0.2, -0.15) is 0 Å². The highest BCUT2D eigenvalue weighted by Gasteiger charge is 2.20. The van der Waals surface area contributed by atoms with Crippen LogP contribution < -0.4 is 0 Å². The number of aldehydes is 1. The molecule has 0 heterocycles. The van der Waals surface area contributed by atoms with Gasteiger partial charge in [0, 0.05) is 20.0 Å². The molecule has 0 aromatic rings. The maximum Gasteiger partial charge on any atom is 0.308 e. The number of unbranched alkanes of at least 4 members (excludes halogenated alkanes) is 4. The molecule has 0 aliphatic heterocycles. The SMILES string of the molecule is CCCCCCC(C)C(=O)OCC(COC)OC(=O)CCCN(C)CCCC=O. The molecule has 7 heteroatoms. The average molecular weight is 416 g/mol. The van der Waals surface area contributed by atoms with Gasteiger partial charge < -0.3 is 23.9 Å².